The maximum atomic E-state index is 12.7. The van der Waals surface area contributed by atoms with Crippen molar-refractivity contribution in [3.63, 3.8) is 0 Å². The van der Waals surface area contributed by atoms with Crippen LogP contribution in [0.15, 0.2) is 37.0 Å². The second-order valence-corrected chi connectivity index (χ2v) is 1.81. The summed E-state index contributed by atoms with van der Waals surface area (Å²) in [5.41, 5.74) is 5.56. The number of allylic oxidation sites excluding steroid dienone is 3. The fraction of sp³-hybridized carbons (Fsp3) is 0.250. The summed E-state index contributed by atoms with van der Waals surface area (Å²) in [4.78, 5) is 0. The first-order valence-electron chi connectivity index (χ1n) is 3.05. The van der Waals surface area contributed by atoms with E-state index in [1.165, 1.54) is 12.2 Å². The third-order valence-electron chi connectivity index (χ3n) is 1.11. The summed E-state index contributed by atoms with van der Waals surface area (Å²) in [6.45, 7) is 6.86. The van der Waals surface area contributed by atoms with Crippen LogP contribution in [0, 0.1) is 0 Å². The molecule has 56 valence electrons. The Kier molecular flexibility index (Phi) is 4.50. The van der Waals surface area contributed by atoms with Gasteiger partial charge in [0.1, 0.15) is 6.17 Å². The highest BCUT2D eigenvalue weighted by molar-refractivity contribution is 5.25. The maximum absolute atomic E-state index is 12.7. The van der Waals surface area contributed by atoms with E-state index in [0.29, 0.717) is 5.57 Å². The van der Waals surface area contributed by atoms with Gasteiger partial charge in [-0.15, -0.1) is 0 Å². The van der Waals surface area contributed by atoms with Gasteiger partial charge in [0.15, 0.2) is 0 Å². The van der Waals surface area contributed by atoms with Gasteiger partial charge in [-0.3, -0.25) is 0 Å². The zero-order valence-electron chi connectivity index (χ0n) is 5.89. The number of hydrogen-bond acceptors (Lipinski definition) is 1. The van der Waals surface area contributed by atoms with Crippen LogP contribution in [-0.4, -0.2) is 12.7 Å². The van der Waals surface area contributed by atoms with E-state index in [-0.39, 0.29) is 6.54 Å². The van der Waals surface area contributed by atoms with Gasteiger partial charge in [0.05, 0.1) is 0 Å². The molecule has 0 aromatic heterocycles. The van der Waals surface area contributed by atoms with Crippen molar-refractivity contribution in [2.45, 2.75) is 6.17 Å². The fourth-order valence-corrected chi connectivity index (χ4v) is 0.572. The standard InChI is InChI=1S/C8H12FN/c1-3-5-7(4-2)8(9)6-10/h3-5,8H,1-2,6,10H2/b7-5+. The highest BCUT2D eigenvalue weighted by atomic mass is 19.1. The van der Waals surface area contributed by atoms with Crippen molar-refractivity contribution in [2.24, 2.45) is 5.73 Å². The van der Waals surface area contributed by atoms with Crippen LogP contribution in [0.25, 0.3) is 0 Å². The van der Waals surface area contributed by atoms with E-state index in [4.69, 9.17) is 5.73 Å². The molecular weight excluding hydrogens is 129 g/mol. The molecule has 2 heteroatoms. The Bertz CT molecular complexity index is 149. The normalized spacial score (nSPS) is 14.4. The van der Waals surface area contributed by atoms with Gasteiger partial charge in [-0.05, 0) is 5.57 Å². The van der Waals surface area contributed by atoms with E-state index in [1.54, 1.807) is 6.08 Å². The molecule has 0 rings (SSSR count). The Morgan fingerprint density at radius 1 is 1.60 bits per heavy atom. The van der Waals surface area contributed by atoms with E-state index in [2.05, 4.69) is 13.2 Å². The minimum atomic E-state index is -1.12. The molecule has 0 saturated heterocycles. The molecule has 0 radical (unpaired) electrons. The number of nitrogens with two attached hydrogens (primary N) is 1. The topological polar surface area (TPSA) is 26.0 Å². The molecule has 0 aromatic carbocycles. The average Bonchev–Trinajstić information content (AvgIpc) is 1.99. The molecule has 0 aromatic rings. The molecule has 0 fully saturated rings. The summed E-state index contributed by atoms with van der Waals surface area (Å²) in [6.07, 6.45) is 3.40. The van der Waals surface area contributed by atoms with Crippen molar-refractivity contribution in [1.29, 1.82) is 0 Å². The average molecular weight is 141 g/mol. The lowest BCUT2D eigenvalue weighted by Gasteiger charge is -2.03. The van der Waals surface area contributed by atoms with Crippen LogP contribution in [0.3, 0.4) is 0 Å². The van der Waals surface area contributed by atoms with E-state index >= 15 is 0 Å². The molecule has 0 heterocycles. The molecule has 0 amide bonds. The molecule has 1 atom stereocenters. The molecule has 10 heavy (non-hydrogen) atoms. The highest BCUT2D eigenvalue weighted by Crippen LogP contribution is 2.05. The zero-order valence-corrected chi connectivity index (χ0v) is 5.89. The van der Waals surface area contributed by atoms with Crippen molar-refractivity contribution in [3.8, 4) is 0 Å². The third-order valence-corrected chi connectivity index (χ3v) is 1.11. The van der Waals surface area contributed by atoms with Crippen molar-refractivity contribution in [3.05, 3.63) is 37.0 Å². The van der Waals surface area contributed by atoms with Gasteiger partial charge in [0, 0.05) is 6.54 Å². The smallest absolute Gasteiger partial charge is 0.137 e. The van der Waals surface area contributed by atoms with E-state index in [1.807, 2.05) is 0 Å². The lowest BCUT2D eigenvalue weighted by molar-refractivity contribution is 0.396. The number of hydrogen-bond donors (Lipinski definition) is 1. The van der Waals surface area contributed by atoms with Crippen LogP contribution in [0.5, 0.6) is 0 Å². The molecule has 0 aliphatic rings. The van der Waals surface area contributed by atoms with Crippen LogP contribution in [0.2, 0.25) is 0 Å². The summed E-state index contributed by atoms with van der Waals surface area (Å²) in [6, 6.07) is 0. The molecule has 1 nitrogen and oxygen atoms in total. The Morgan fingerprint density at radius 2 is 2.20 bits per heavy atom. The Morgan fingerprint density at radius 3 is 2.50 bits per heavy atom. The van der Waals surface area contributed by atoms with Crippen LogP contribution in [-0.2, 0) is 0 Å². The van der Waals surface area contributed by atoms with Crippen molar-refractivity contribution < 1.29 is 4.39 Å². The summed E-state index contributed by atoms with van der Waals surface area (Å²) < 4.78 is 12.7. The minimum absolute atomic E-state index is 0.00824. The van der Waals surface area contributed by atoms with Crippen molar-refractivity contribution in [1.82, 2.24) is 0 Å². The van der Waals surface area contributed by atoms with Gasteiger partial charge in [-0.2, -0.15) is 0 Å². The van der Waals surface area contributed by atoms with Gasteiger partial charge < -0.3 is 5.73 Å². The summed E-state index contributed by atoms with van der Waals surface area (Å²) in [7, 11) is 0. The molecule has 2 N–H and O–H groups in total. The first-order chi connectivity index (χ1) is 4.76. The lowest BCUT2D eigenvalue weighted by Crippen LogP contribution is -2.16. The molecule has 0 aliphatic heterocycles. The molecule has 0 aliphatic carbocycles. The molecular formula is C8H12FN. The van der Waals surface area contributed by atoms with Gasteiger partial charge in [-0.1, -0.05) is 31.4 Å². The molecule has 0 saturated carbocycles. The van der Waals surface area contributed by atoms with Crippen LogP contribution >= 0.6 is 0 Å². The minimum Gasteiger partial charge on any atom is -0.327 e. The van der Waals surface area contributed by atoms with Crippen LogP contribution in [0.4, 0.5) is 4.39 Å². The second-order valence-electron chi connectivity index (χ2n) is 1.81. The van der Waals surface area contributed by atoms with Crippen LogP contribution in [0.1, 0.15) is 0 Å². The first-order valence-corrected chi connectivity index (χ1v) is 3.05. The molecule has 0 bridgehead atoms. The Labute approximate surface area is 60.7 Å². The first kappa shape index (κ1) is 9.11. The monoisotopic (exact) mass is 141 g/mol. The van der Waals surface area contributed by atoms with Gasteiger partial charge in [-0.25, -0.2) is 4.39 Å². The summed E-state index contributed by atoms with van der Waals surface area (Å²) in [5.74, 6) is 0. The van der Waals surface area contributed by atoms with Gasteiger partial charge in [0.25, 0.3) is 0 Å². The van der Waals surface area contributed by atoms with E-state index in [9.17, 15) is 4.39 Å². The second kappa shape index (κ2) is 4.94. The number of halogens is 1. The maximum Gasteiger partial charge on any atom is 0.137 e. The lowest BCUT2D eigenvalue weighted by atomic mass is 10.1. The third kappa shape index (κ3) is 2.60. The zero-order chi connectivity index (χ0) is 7.98. The highest BCUT2D eigenvalue weighted by Gasteiger charge is 2.04. The van der Waals surface area contributed by atoms with Crippen LogP contribution < -0.4 is 5.73 Å². The Hall–Kier alpha value is -0.890. The Balaban J connectivity index is 4.18. The van der Waals surface area contributed by atoms with Crippen molar-refractivity contribution in [2.75, 3.05) is 6.54 Å². The fourth-order valence-electron chi connectivity index (χ4n) is 0.572. The predicted octanol–water partition coefficient (Wildman–Crippen LogP) is 1.58. The molecule has 0 spiro atoms. The SMILES string of the molecule is C=C/C=C(\C=C)C(F)CN. The summed E-state index contributed by atoms with van der Waals surface area (Å²) in [5, 5.41) is 0. The number of rotatable bonds is 4. The van der Waals surface area contributed by atoms with E-state index in [0.717, 1.165) is 0 Å². The van der Waals surface area contributed by atoms with Gasteiger partial charge in [0.2, 0.25) is 0 Å². The van der Waals surface area contributed by atoms with Crippen molar-refractivity contribution >= 4 is 0 Å². The number of alkyl halides is 1. The van der Waals surface area contributed by atoms with Gasteiger partial charge >= 0.3 is 0 Å². The molecule has 1 unspecified atom stereocenters. The van der Waals surface area contributed by atoms with E-state index < -0.39 is 6.17 Å². The largest absolute Gasteiger partial charge is 0.327 e. The summed E-state index contributed by atoms with van der Waals surface area (Å²) >= 11 is 0. The quantitative estimate of drug-likeness (QED) is 0.591. The predicted molar refractivity (Wildman–Crippen MR) is 42.4 cm³/mol.